The van der Waals surface area contributed by atoms with E-state index in [0.717, 1.165) is 0 Å². The third-order valence-electron chi connectivity index (χ3n) is 3.65. The highest BCUT2D eigenvalue weighted by Crippen LogP contribution is 2.37. The zero-order chi connectivity index (χ0) is 15.6. The van der Waals surface area contributed by atoms with Gasteiger partial charge in [-0.1, -0.05) is 22.8 Å². The monoisotopic (exact) mass is 321 g/mol. The summed E-state index contributed by atoms with van der Waals surface area (Å²) in [4.78, 5) is 1.78. The Kier molecular flexibility index (Phi) is 4.51. The van der Waals surface area contributed by atoms with Crippen molar-refractivity contribution in [2.45, 2.75) is 19.0 Å². The van der Waals surface area contributed by atoms with Crippen molar-refractivity contribution in [3.05, 3.63) is 28.8 Å². The first-order valence-corrected chi connectivity index (χ1v) is 6.80. The van der Waals surface area contributed by atoms with Crippen LogP contribution < -0.4 is 10.6 Å². The molecule has 3 N–H and O–H groups in total. The minimum absolute atomic E-state index is 0.0195. The largest absolute Gasteiger partial charge is 0.409 e. The summed E-state index contributed by atoms with van der Waals surface area (Å²) in [5, 5.41) is 12.0. The number of nitrogens with two attached hydrogens (primary N) is 1. The number of rotatable bonds is 2. The Morgan fingerprint density at radius 3 is 2.48 bits per heavy atom. The van der Waals surface area contributed by atoms with E-state index in [2.05, 4.69) is 5.16 Å². The molecule has 0 saturated carbocycles. The van der Waals surface area contributed by atoms with Crippen LogP contribution in [0.4, 0.5) is 18.9 Å². The molecule has 1 saturated heterocycles. The molecule has 0 atom stereocenters. The predicted molar refractivity (Wildman–Crippen MR) is 75.0 cm³/mol. The van der Waals surface area contributed by atoms with Gasteiger partial charge in [0.25, 0.3) is 0 Å². The van der Waals surface area contributed by atoms with Crippen molar-refractivity contribution < 1.29 is 18.4 Å². The van der Waals surface area contributed by atoms with E-state index in [-0.39, 0.29) is 31.8 Å². The molecule has 1 aliphatic rings. The molecule has 1 heterocycles. The first-order chi connectivity index (χ1) is 9.84. The van der Waals surface area contributed by atoms with Crippen molar-refractivity contribution in [1.82, 2.24) is 0 Å². The molecule has 0 bridgehead atoms. The van der Waals surface area contributed by atoms with Crippen LogP contribution >= 0.6 is 11.6 Å². The quantitative estimate of drug-likeness (QED) is 0.380. The predicted octanol–water partition coefficient (Wildman–Crippen LogP) is 3.21. The number of benzene rings is 1. The Bertz CT molecular complexity index is 540. The van der Waals surface area contributed by atoms with Crippen molar-refractivity contribution in [2.24, 2.45) is 16.8 Å². The molecule has 1 fully saturated rings. The lowest BCUT2D eigenvalue weighted by Crippen LogP contribution is -2.39. The van der Waals surface area contributed by atoms with E-state index in [9.17, 15) is 13.2 Å². The molecule has 8 heteroatoms. The van der Waals surface area contributed by atoms with Crippen molar-refractivity contribution >= 4 is 23.1 Å². The number of hydrogen-bond acceptors (Lipinski definition) is 3. The van der Waals surface area contributed by atoms with Gasteiger partial charge in [0.15, 0.2) is 5.84 Å². The molecule has 0 aromatic heterocycles. The Balaban J connectivity index is 2.23. The average Bonchev–Trinajstić information content (AvgIpc) is 2.45. The highest BCUT2D eigenvalue weighted by Gasteiger charge is 2.41. The van der Waals surface area contributed by atoms with Crippen molar-refractivity contribution in [2.75, 3.05) is 18.0 Å². The molecule has 1 aromatic rings. The maximum absolute atomic E-state index is 12.7. The van der Waals surface area contributed by atoms with Crippen LogP contribution in [0.1, 0.15) is 18.4 Å². The van der Waals surface area contributed by atoms with Gasteiger partial charge in [0, 0.05) is 18.8 Å². The standard InChI is InChI=1S/C13H15ClF3N3O/c14-9-2-1-3-10(11(9)12(18)19-21)20-6-4-8(5-7-20)13(15,16)17/h1-3,8,21H,4-7H2,(H2,18,19). The second-order valence-corrected chi connectivity index (χ2v) is 5.33. The van der Waals surface area contributed by atoms with Crippen LogP contribution in [0.15, 0.2) is 23.4 Å². The summed E-state index contributed by atoms with van der Waals surface area (Å²) in [6, 6.07) is 4.97. The number of piperidine rings is 1. The van der Waals surface area contributed by atoms with Crippen LogP contribution in [-0.4, -0.2) is 30.3 Å². The van der Waals surface area contributed by atoms with Crippen molar-refractivity contribution in [3.8, 4) is 0 Å². The second kappa shape index (κ2) is 6.01. The number of hydrogen-bond donors (Lipinski definition) is 2. The molecular weight excluding hydrogens is 307 g/mol. The van der Waals surface area contributed by atoms with Crippen LogP contribution in [0.25, 0.3) is 0 Å². The lowest BCUT2D eigenvalue weighted by Gasteiger charge is -2.35. The van der Waals surface area contributed by atoms with Gasteiger partial charge in [0.2, 0.25) is 0 Å². The number of amidine groups is 1. The number of nitrogens with zero attached hydrogens (tertiary/aromatic N) is 2. The third kappa shape index (κ3) is 3.34. The maximum atomic E-state index is 12.7. The van der Waals surface area contributed by atoms with E-state index in [1.54, 1.807) is 23.1 Å². The van der Waals surface area contributed by atoms with Gasteiger partial charge in [-0.3, -0.25) is 0 Å². The fourth-order valence-electron chi connectivity index (χ4n) is 2.53. The van der Waals surface area contributed by atoms with Gasteiger partial charge in [0.05, 0.1) is 16.5 Å². The summed E-state index contributed by atoms with van der Waals surface area (Å²) in [5.41, 5.74) is 6.53. The number of halogens is 4. The van der Waals surface area contributed by atoms with E-state index < -0.39 is 12.1 Å². The molecule has 116 valence electrons. The van der Waals surface area contributed by atoms with Crippen LogP contribution in [0, 0.1) is 5.92 Å². The average molecular weight is 322 g/mol. The summed E-state index contributed by atoms with van der Waals surface area (Å²) < 4.78 is 38.1. The Morgan fingerprint density at radius 2 is 1.95 bits per heavy atom. The van der Waals surface area contributed by atoms with Gasteiger partial charge in [-0.25, -0.2) is 0 Å². The number of alkyl halides is 3. The molecule has 4 nitrogen and oxygen atoms in total. The normalized spacial score (nSPS) is 18.1. The second-order valence-electron chi connectivity index (χ2n) is 4.92. The van der Waals surface area contributed by atoms with E-state index in [4.69, 9.17) is 22.5 Å². The van der Waals surface area contributed by atoms with Crippen molar-refractivity contribution in [1.29, 1.82) is 0 Å². The van der Waals surface area contributed by atoms with E-state index in [1.165, 1.54) is 0 Å². The zero-order valence-corrected chi connectivity index (χ0v) is 11.8. The molecule has 1 aliphatic heterocycles. The topological polar surface area (TPSA) is 61.9 Å². The van der Waals surface area contributed by atoms with Gasteiger partial charge < -0.3 is 15.8 Å². The lowest BCUT2D eigenvalue weighted by molar-refractivity contribution is -0.179. The minimum Gasteiger partial charge on any atom is -0.409 e. The molecule has 1 aromatic carbocycles. The van der Waals surface area contributed by atoms with E-state index in [1.807, 2.05) is 0 Å². The molecule has 0 spiro atoms. The maximum Gasteiger partial charge on any atom is 0.391 e. The molecule has 0 aliphatic carbocycles. The lowest BCUT2D eigenvalue weighted by atomic mass is 9.95. The van der Waals surface area contributed by atoms with Crippen LogP contribution in [0.3, 0.4) is 0 Å². The highest BCUT2D eigenvalue weighted by atomic mass is 35.5. The summed E-state index contributed by atoms with van der Waals surface area (Å²) in [6.45, 7) is 0.493. The van der Waals surface area contributed by atoms with Crippen LogP contribution in [0.2, 0.25) is 5.02 Å². The first-order valence-electron chi connectivity index (χ1n) is 6.42. The van der Waals surface area contributed by atoms with Gasteiger partial charge in [0.1, 0.15) is 0 Å². The zero-order valence-electron chi connectivity index (χ0n) is 11.1. The molecular formula is C13H15ClF3N3O. The fourth-order valence-corrected chi connectivity index (χ4v) is 2.79. The Morgan fingerprint density at radius 1 is 1.33 bits per heavy atom. The summed E-state index contributed by atoms with van der Waals surface area (Å²) >= 11 is 6.04. The molecule has 2 rings (SSSR count). The van der Waals surface area contributed by atoms with Gasteiger partial charge in [-0.2, -0.15) is 13.2 Å². The van der Waals surface area contributed by atoms with Crippen LogP contribution in [-0.2, 0) is 0 Å². The van der Waals surface area contributed by atoms with E-state index >= 15 is 0 Å². The summed E-state index contributed by atoms with van der Waals surface area (Å²) in [5.74, 6) is -1.44. The minimum atomic E-state index is -4.16. The molecule has 0 unspecified atom stereocenters. The van der Waals surface area contributed by atoms with Gasteiger partial charge in [-0.05, 0) is 25.0 Å². The molecule has 21 heavy (non-hydrogen) atoms. The van der Waals surface area contributed by atoms with Crippen LogP contribution in [0.5, 0.6) is 0 Å². The fraction of sp³-hybridized carbons (Fsp3) is 0.462. The van der Waals surface area contributed by atoms with E-state index in [0.29, 0.717) is 16.3 Å². The van der Waals surface area contributed by atoms with Crippen molar-refractivity contribution in [3.63, 3.8) is 0 Å². The Hall–Kier alpha value is -1.63. The highest BCUT2D eigenvalue weighted by molar-refractivity contribution is 6.34. The SMILES string of the molecule is NC(=NO)c1c(Cl)cccc1N1CCC(C(F)(F)F)CC1. The Labute approximate surface area is 125 Å². The number of oxime groups is 1. The number of anilines is 1. The summed E-state index contributed by atoms with van der Waals surface area (Å²) in [6.07, 6.45) is -4.12. The summed E-state index contributed by atoms with van der Waals surface area (Å²) in [7, 11) is 0. The third-order valence-corrected chi connectivity index (χ3v) is 3.97. The molecule has 0 radical (unpaired) electrons. The smallest absolute Gasteiger partial charge is 0.391 e. The molecule has 0 amide bonds. The first kappa shape index (κ1) is 15.8. The van der Waals surface area contributed by atoms with Gasteiger partial charge in [-0.15, -0.1) is 0 Å². The van der Waals surface area contributed by atoms with Gasteiger partial charge >= 0.3 is 6.18 Å².